The lowest BCUT2D eigenvalue weighted by atomic mass is 9.80. The second-order valence-corrected chi connectivity index (χ2v) is 10.3. The number of nitrogen functional groups attached to an aromatic ring is 1. The van der Waals surface area contributed by atoms with E-state index in [0.717, 1.165) is 25.7 Å². The maximum Gasteiger partial charge on any atom is 0.256 e. The summed E-state index contributed by atoms with van der Waals surface area (Å²) in [6, 6.07) is 9.42. The number of pyridine rings is 1. The Morgan fingerprint density at radius 3 is 2.41 bits per heavy atom. The molecule has 3 aromatic rings. The molecule has 1 amide bonds. The molecule has 8 heteroatoms. The van der Waals surface area contributed by atoms with Crippen molar-refractivity contribution in [3.63, 3.8) is 0 Å². The molecule has 2 aromatic carbocycles. The topological polar surface area (TPSA) is 91.8 Å². The van der Waals surface area contributed by atoms with E-state index >= 15 is 8.78 Å². The van der Waals surface area contributed by atoms with E-state index in [9.17, 15) is 9.90 Å². The quantitative estimate of drug-likeness (QED) is 0.358. The van der Waals surface area contributed by atoms with Crippen LogP contribution in [0.4, 0.5) is 14.5 Å². The van der Waals surface area contributed by atoms with Gasteiger partial charge in [0, 0.05) is 41.8 Å². The van der Waals surface area contributed by atoms with E-state index in [4.69, 9.17) is 5.73 Å². The number of carbonyl (C=O) groups is 1. The number of hydrogen-bond donors (Lipinski definition) is 2. The zero-order valence-electron chi connectivity index (χ0n) is 20.5. The Morgan fingerprint density at radius 1 is 1.14 bits per heavy atom. The van der Waals surface area contributed by atoms with Gasteiger partial charge in [-0.05, 0) is 72.9 Å². The van der Waals surface area contributed by atoms with Crippen LogP contribution in [-0.2, 0) is 18.7 Å². The number of aliphatic hydroxyl groups is 1. The number of amides is 1. The Labute approximate surface area is 213 Å². The lowest BCUT2D eigenvalue weighted by Crippen LogP contribution is -2.32. The average molecular weight is 503 g/mol. The highest BCUT2D eigenvalue weighted by molar-refractivity contribution is 5.98. The average Bonchev–Trinajstić information content (AvgIpc) is 3.80. The summed E-state index contributed by atoms with van der Waals surface area (Å²) in [5.74, 6) is -1.43. The minimum absolute atomic E-state index is 0.183. The number of halogens is 2. The number of aromatic nitrogens is 1. The lowest BCUT2D eigenvalue weighted by molar-refractivity contribution is -0.00947. The van der Waals surface area contributed by atoms with Crippen LogP contribution in [0.1, 0.15) is 58.4 Å². The smallest absolute Gasteiger partial charge is 0.256 e. The standard InChI is InChI=1S/C29H28F2N4O2/c1-33-13-21-19(8-9-23(27(21)32)29(37,17-4-5-17)18-6-7-18)16-11-24(30)22(25(31)12-16)14-35-15-26-20(28(35)36)3-2-10-34-26/h2-3,8-13,17-18,37H,4-7,14-15,32H2,1H3. The zero-order valence-corrected chi connectivity index (χ0v) is 20.5. The number of anilines is 1. The fraction of sp³-hybridized carbons (Fsp3) is 0.345. The Hall–Kier alpha value is -3.65. The fourth-order valence-electron chi connectivity index (χ4n) is 5.74. The number of nitrogens with zero attached hydrogens (tertiary/aromatic N) is 3. The number of nitrogens with two attached hydrogens (primary N) is 1. The third-order valence-electron chi connectivity index (χ3n) is 7.93. The van der Waals surface area contributed by atoms with E-state index in [0.29, 0.717) is 39.2 Å². The van der Waals surface area contributed by atoms with E-state index in [1.54, 1.807) is 43.7 Å². The molecule has 190 valence electrons. The molecular formula is C29H28F2N4O2. The third-order valence-corrected chi connectivity index (χ3v) is 7.93. The molecule has 0 saturated heterocycles. The third kappa shape index (κ3) is 3.91. The number of benzene rings is 2. The van der Waals surface area contributed by atoms with Crippen LogP contribution in [0, 0.1) is 23.5 Å². The number of rotatable bonds is 7. The van der Waals surface area contributed by atoms with Gasteiger partial charge in [-0.1, -0.05) is 12.1 Å². The van der Waals surface area contributed by atoms with E-state index < -0.39 is 17.2 Å². The van der Waals surface area contributed by atoms with Crippen LogP contribution in [0.3, 0.4) is 0 Å². The molecule has 1 aromatic heterocycles. The SMILES string of the molecule is CN=Cc1c(-c2cc(F)c(CN3Cc4ncccc4C3=O)c(F)c2)ccc(C(O)(C2CC2)C2CC2)c1N. The van der Waals surface area contributed by atoms with E-state index in [1.807, 2.05) is 0 Å². The number of fused-ring (bicyclic) bond motifs is 1. The first-order chi connectivity index (χ1) is 17.8. The van der Waals surface area contributed by atoms with Crippen molar-refractivity contribution in [2.45, 2.75) is 44.4 Å². The van der Waals surface area contributed by atoms with Crippen LogP contribution in [-0.4, -0.2) is 34.2 Å². The molecule has 0 unspecified atom stereocenters. The first-order valence-electron chi connectivity index (χ1n) is 12.6. The number of hydrogen-bond acceptors (Lipinski definition) is 5. The van der Waals surface area contributed by atoms with Gasteiger partial charge in [0.2, 0.25) is 0 Å². The second kappa shape index (κ2) is 8.73. The molecule has 0 bridgehead atoms. The minimum atomic E-state index is -0.978. The predicted molar refractivity (Wildman–Crippen MR) is 137 cm³/mol. The van der Waals surface area contributed by atoms with Crippen molar-refractivity contribution in [3.8, 4) is 11.1 Å². The molecule has 6 nitrogen and oxygen atoms in total. The van der Waals surface area contributed by atoms with Crippen LogP contribution in [0.15, 0.2) is 47.6 Å². The van der Waals surface area contributed by atoms with Crippen molar-refractivity contribution < 1.29 is 18.7 Å². The summed E-state index contributed by atoms with van der Waals surface area (Å²) in [6.07, 6.45) is 7.02. The Morgan fingerprint density at radius 2 is 1.81 bits per heavy atom. The fourth-order valence-corrected chi connectivity index (χ4v) is 5.74. The highest BCUT2D eigenvalue weighted by Crippen LogP contribution is 2.58. The van der Waals surface area contributed by atoms with Crippen molar-refractivity contribution in [2.24, 2.45) is 16.8 Å². The molecule has 37 heavy (non-hydrogen) atoms. The van der Waals surface area contributed by atoms with Gasteiger partial charge < -0.3 is 15.7 Å². The van der Waals surface area contributed by atoms with Crippen molar-refractivity contribution in [1.29, 1.82) is 0 Å². The summed E-state index contributed by atoms with van der Waals surface area (Å²) in [5.41, 5.74) is 8.93. The minimum Gasteiger partial charge on any atom is -0.398 e. The Kier molecular flexibility index (Phi) is 5.60. The summed E-state index contributed by atoms with van der Waals surface area (Å²) < 4.78 is 30.6. The molecule has 2 fully saturated rings. The van der Waals surface area contributed by atoms with Crippen LogP contribution in [0.5, 0.6) is 0 Å². The number of aliphatic imine (C=N–C) groups is 1. The molecular weight excluding hydrogens is 474 g/mol. The Balaban J connectivity index is 1.35. The van der Waals surface area contributed by atoms with Gasteiger partial charge >= 0.3 is 0 Å². The zero-order chi connectivity index (χ0) is 25.9. The highest BCUT2D eigenvalue weighted by atomic mass is 19.1. The molecule has 0 spiro atoms. The van der Waals surface area contributed by atoms with Gasteiger partial charge in [0.25, 0.3) is 5.91 Å². The van der Waals surface area contributed by atoms with Gasteiger partial charge in [0.15, 0.2) is 0 Å². The van der Waals surface area contributed by atoms with E-state index in [1.165, 1.54) is 17.0 Å². The summed E-state index contributed by atoms with van der Waals surface area (Å²) in [6.45, 7) is 0.00292. The van der Waals surface area contributed by atoms with E-state index in [2.05, 4.69) is 9.98 Å². The van der Waals surface area contributed by atoms with Crippen LogP contribution < -0.4 is 5.73 Å². The molecule has 0 atom stereocenters. The van der Waals surface area contributed by atoms with Crippen molar-refractivity contribution in [3.05, 3.63) is 82.2 Å². The maximum absolute atomic E-state index is 15.3. The summed E-state index contributed by atoms with van der Waals surface area (Å²) in [4.78, 5) is 22.4. The van der Waals surface area contributed by atoms with Gasteiger partial charge in [-0.2, -0.15) is 0 Å². The van der Waals surface area contributed by atoms with Gasteiger partial charge in [0.05, 0.1) is 29.9 Å². The molecule has 6 rings (SSSR count). The van der Waals surface area contributed by atoms with Gasteiger partial charge in [-0.15, -0.1) is 0 Å². The van der Waals surface area contributed by atoms with Crippen LogP contribution >= 0.6 is 0 Å². The second-order valence-electron chi connectivity index (χ2n) is 10.3. The predicted octanol–water partition coefficient (Wildman–Crippen LogP) is 4.82. The molecule has 0 radical (unpaired) electrons. The molecule has 3 N–H and O–H groups in total. The van der Waals surface area contributed by atoms with Gasteiger partial charge in [-0.25, -0.2) is 8.78 Å². The summed E-state index contributed by atoms with van der Waals surface area (Å²) in [5, 5.41) is 11.7. The lowest BCUT2D eigenvalue weighted by Gasteiger charge is -2.31. The van der Waals surface area contributed by atoms with Crippen molar-refractivity contribution in [2.75, 3.05) is 12.8 Å². The monoisotopic (exact) mass is 502 g/mol. The highest BCUT2D eigenvalue weighted by Gasteiger charge is 2.55. The largest absolute Gasteiger partial charge is 0.398 e. The summed E-state index contributed by atoms with van der Waals surface area (Å²) in [7, 11) is 1.61. The Bertz CT molecular complexity index is 1410. The maximum atomic E-state index is 15.3. The van der Waals surface area contributed by atoms with Gasteiger partial charge in [-0.3, -0.25) is 14.8 Å². The normalized spacial score (nSPS) is 17.6. The van der Waals surface area contributed by atoms with Crippen molar-refractivity contribution >= 4 is 17.8 Å². The molecule has 1 aliphatic heterocycles. The molecule has 2 saturated carbocycles. The van der Waals surface area contributed by atoms with Gasteiger partial charge in [0.1, 0.15) is 11.6 Å². The van der Waals surface area contributed by atoms with Crippen LogP contribution in [0.25, 0.3) is 11.1 Å². The number of carbonyl (C=O) groups excluding carboxylic acids is 1. The van der Waals surface area contributed by atoms with E-state index in [-0.39, 0.29) is 36.4 Å². The summed E-state index contributed by atoms with van der Waals surface area (Å²) >= 11 is 0. The molecule has 3 aliphatic rings. The van der Waals surface area contributed by atoms with Crippen molar-refractivity contribution in [1.82, 2.24) is 9.88 Å². The first-order valence-corrected chi connectivity index (χ1v) is 12.6. The first kappa shape index (κ1) is 23.7. The molecule has 2 aliphatic carbocycles. The molecule has 2 heterocycles. The van der Waals surface area contributed by atoms with Crippen LogP contribution in [0.2, 0.25) is 0 Å².